The fourth-order valence-electron chi connectivity index (χ4n) is 6.62. The number of imidazole rings is 1. The average molecular weight is 942 g/mol. The Kier molecular flexibility index (Phi) is 16.4. The molecule has 0 aliphatic carbocycles. The molecule has 5 heterocycles. The first-order valence-corrected chi connectivity index (χ1v) is 22.8. The summed E-state index contributed by atoms with van der Waals surface area (Å²) in [4.78, 5) is 70.5. The van der Waals surface area contributed by atoms with Gasteiger partial charge in [-0.2, -0.15) is 20.5 Å². The molecule has 4 aromatic rings. The molecule has 3 unspecified atom stereocenters. The minimum atomic E-state index is -5.17. The zero-order chi connectivity index (χ0) is 46.7. The van der Waals surface area contributed by atoms with E-state index in [2.05, 4.69) is 36.8 Å². The van der Waals surface area contributed by atoms with Crippen molar-refractivity contribution in [1.29, 1.82) is 10.5 Å². The second-order valence-corrected chi connectivity index (χ2v) is 17.5. The molecule has 2 fully saturated rings. The smallest absolute Gasteiger partial charge is 0.390 e. The van der Waals surface area contributed by atoms with Gasteiger partial charge in [-0.05, 0) is 24.6 Å². The summed E-state index contributed by atoms with van der Waals surface area (Å²) in [5, 5.41) is 32.2. The van der Waals surface area contributed by atoms with Crippen LogP contribution in [0.1, 0.15) is 54.9 Å². The summed E-state index contributed by atoms with van der Waals surface area (Å²) in [6.45, 7) is 2.05. The van der Waals surface area contributed by atoms with Gasteiger partial charge in [0, 0.05) is 45.1 Å². The summed E-state index contributed by atoms with van der Waals surface area (Å²) >= 11 is 0. The summed E-state index contributed by atoms with van der Waals surface area (Å²) in [5.41, 5.74) is -1.11. The predicted molar refractivity (Wildman–Crippen MR) is 226 cm³/mol. The summed E-state index contributed by atoms with van der Waals surface area (Å²) in [5.74, 6) is -0.626. The minimum absolute atomic E-state index is 0.0309. The van der Waals surface area contributed by atoms with E-state index in [1.807, 2.05) is 12.1 Å². The number of hydrogen-bond donors (Lipinski definition) is 4. The van der Waals surface area contributed by atoms with E-state index in [-0.39, 0.29) is 68.2 Å². The highest BCUT2D eigenvalue weighted by molar-refractivity contribution is 7.48. The third kappa shape index (κ3) is 12.7. The number of aliphatic imine (C=N–C) groups is 1. The van der Waals surface area contributed by atoms with Gasteiger partial charge >= 0.3 is 21.3 Å². The number of anilines is 1. The van der Waals surface area contributed by atoms with Crippen molar-refractivity contribution < 1.29 is 56.0 Å². The molecule has 0 saturated carbocycles. The molecule has 27 heteroatoms. The number of aliphatic hydroxyl groups excluding tert-OH is 1. The zero-order valence-electron chi connectivity index (χ0n) is 34.9. The van der Waals surface area contributed by atoms with E-state index in [1.165, 1.54) is 35.6 Å². The summed E-state index contributed by atoms with van der Waals surface area (Å²) < 4.78 is 69.4. The number of fused-ring (bicyclic) bond motifs is 1. The summed E-state index contributed by atoms with van der Waals surface area (Å²) in [7, 11) is -6.22. The Bertz CT molecular complexity index is 2650. The molecule has 346 valence electrons. The van der Waals surface area contributed by atoms with Crippen molar-refractivity contribution in [2.75, 3.05) is 39.2 Å². The van der Waals surface area contributed by atoms with E-state index in [1.54, 1.807) is 49.3 Å². The van der Waals surface area contributed by atoms with Gasteiger partial charge in [-0.1, -0.05) is 24.3 Å². The highest BCUT2D eigenvalue weighted by atomic mass is 31.2. The lowest BCUT2D eigenvalue weighted by Crippen LogP contribution is -2.36. The molecule has 3 aromatic heterocycles. The van der Waals surface area contributed by atoms with E-state index in [9.17, 15) is 38.8 Å². The number of nitrogens with zero attached hydrogens (tertiary/aromatic N) is 9. The summed E-state index contributed by atoms with van der Waals surface area (Å²) in [6.07, 6.45) is -4.74. The molecule has 1 amide bonds. The van der Waals surface area contributed by atoms with E-state index in [0.717, 1.165) is 4.57 Å². The maximum Gasteiger partial charge on any atom is 0.475 e. The van der Waals surface area contributed by atoms with Crippen molar-refractivity contribution in [3.05, 3.63) is 88.0 Å². The topological polar surface area (TPSA) is 330 Å². The number of aliphatic hydroxyl groups is 1. The first kappa shape index (κ1) is 48.7. The molecule has 0 spiro atoms. The molecule has 2 aliphatic heterocycles. The zero-order valence-corrected chi connectivity index (χ0v) is 36.7. The Morgan fingerprint density at radius 3 is 2.55 bits per heavy atom. The number of H-pyrrole nitrogens is 1. The first-order valence-electron chi connectivity index (χ1n) is 19.8. The van der Waals surface area contributed by atoms with Gasteiger partial charge in [-0.3, -0.25) is 46.3 Å². The average Bonchev–Trinajstić information content (AvgIpc) is 4.00. The number of phosphoric ester groups is 2. The number of aromatic nitrogens is 6. The van der Waals surface area contributed by atoms with E-state index in [4.69, 9.17) is 37.4 Å². The molecular weight excluding hydrogens is 896 g/mol. The molecule has 1 aromatic carbocycles. The van der Waals surface area contributed by atoms with Gasteiger partial charge in [0.2, 0.25) is 5.95 Å². The van der Waals surface area contributed by atoms with E-state index >= 15 is 0 Å². The second kappa shape index (κ2) is 21.9. The Morgan fingerprint density at radius 1 is 1.09 bits per heavy atom. The SMILES string of the molecule is C=CCOP(=O)(OCCC#N)O[C@H]1C[C@H](n2ccc(NC(=O)c3ccccc3)nc2=O)O[C@@H]1COP(=O)(O)OC(CCC#N)[C@H]1O[C@@H](n2cnc3c(=O)[nH]c(N=CN(C)C)nc32)C[C@@H]1O. The third-order valence-electron chi connectivity index (χ3n) is 9.53. The number of hydrogen-bond acceptors (Lipinski definition) is 19. The minimum Gasteiger partial charge on any atom is -0.390 e. The number of carbonyl (C=O) groups is 1. The number of aromatic amines is 1. The molecule has 4 N–H and O–H groups in total. The van der Waals surface area contributed by atoms with E-state index < -0.39 is 82.4 Å². The van der Waals surface area contributed by atoms with Crippen LogP contribution in [0.15, 0.2) is 76.2 Å². The Labute approximate surface area is 370 Å². The highest BCUT2D eigenvalue weighted by Gasteiger charge is 2.47. The number of amides is 1. The maximum atomic E-state index is 13.8. The molecule has 2 saturated heterocycles. The molecule has 2 aliphatic rings. The highest BCUT2D eigenvalue weighted by Crippen LogP contribution is 2.54. The third-order valence-corrected chi connectivity index (χ3v) is 12.0. The lowest BCUT2D eigenvalue weighted by Gasteiger charge is -2.28. The van der Waals surface area contributed by atoms with Crippen LogP contribution in [0.3, 0.4) is 0 Å². The molecule has 65 heavy (non-hydrogen) atoms. The Morgan fingerprint density at radius 2 is 1.85 bits per heavy atom. The Hall–Kier alpha value is -5.79. The largest absolute Gasteiger partial charge is 0.475 e. The van der Waals surface area contributed by atoms with Gasteiger partial charge < -0.3 is 29.7 Å². The molecule has 0 radical (unpaired) electrons. The number of nitriles is 2. The standard InChI is InChI=1S/C38H45N11O14P2/c1-4-17-57-65(56,58-18-9-15-40)63-27-20-31(48-16-13-29(44-38(48)53)43-35(51)24-10-6-5-7-11-24)60-28(27)21-59-64(54,55)62-26(12-8-14-39)33-25(50)19-30(61-33)49-23-41-32-34(49)45-37(46-36(32)52)42-22-47(2)3/h4-7,10-11,13,16,22-23,25-28,30-31,33,50H,1,8-9,12,17-21H2,2-3H3,(H,54,55)(H,45,46,52)(H,43,44,51,53)/t25-,26?,27-,28+,30+,31+,33-,65?/m0/s1. The fraction of sp³-hybridized carbons (Fsp3) is 0.447. The molecule has 25 nitrogen and oxygen atoms in total. The van der Waals surface area contributed by atoms with Crippen LogP contribution < -0.4 is 16.6 Å². The van der Waals surface area contributed by atoms with Crippen molar-refractivity contribution in [3.8, 4) is 12.1 Å². The second-order valence-electron chi connectivity index (χ2n) is 14.5. The van der Waals surface area contributed by atoms with Crippen LogP contribution in [0, 0.1) is 22.7 Å². The Balaban J connectivity index is 1.19. The fourth-order valence-corrected chi connectivity index (χ4v) is 8.93. The number of phosphoric acid groups is 2. The van der Waals surface area contributed by atoms with Crippen molar-refractivity contribution in [3.63, 3.8) is 0 Å². The van der Waals surface area contributed by atoms with Crippen LogP contribution in [-0.4, -0.2) is 121 Å². The van der Waals surface area contributed by atoms with Crippen molar-refractivity contribution in [2.45, 2.75) is 75.1 Å². The maximum absolute atomic E-state index is 13.8. The number of benzene rings is 1. The van der Waals surface area contributed by atoms with Gasteiger partial charge in [-0.15, -0.1) is 6.58 Å². The molecule has 0 bridgehead atoms. The lowest BCUT2D eigenvalue weighted by molar-refractivity contribution is -0.0867. The normalized spacial score (nSPS) is 23.0. The van der Waals surface area contributed by atoms with Crippen LogP contribution >= 0.6 is 15.6 Å². The van der Waals surface area contributed by atoms with Crippen molar-refractivity contribution in [1.82, 2.24) is 34.0 Å². The van der Waals surface area contributed by atoms with Crippen LogP contribution in [0.25, 0.3) is 11.2 Å². The first-order chi connectivity index (χ1) is 31.1. The quantitative estimate of drug-likeness (QED) is 0.0289. The van der Waals surface area contributed by atoms with Gasteiger partial charge in [0.05, 0.1) is 63.3 Å². The van der Waals surface area contributed by atoms with Crippen molar-refractivity contribution in [2.24, 2.45) is 4.99 Å². The van der Waals surface area contributed by atoms with Crippen LogP contribution in [0.4, 0.5) is 11.8 Å². The monoisotopic (exact) mass is 941 g/mol. The molecule has 9 atom stereocenters. The predicted octanol–water partition coefficient (Wildman–Crippen LogP) is 3.22. The van der Waals surface area contributed by atoms with Crippen molar-refractivity contribution >= 4 is 50.8 Å². The summed E-state index contributed by atoms with van der Waals surface area (Å²) in [6, 6.07) is 13.3. The van der Waals surface area contributed by atoms with Crippen LogP contribution in [0.5, 0.6) is 0 Å². The molecular formula is C38H45N11O14P2. The van der Waals surface area contributed by atoms with E-state index in [0.29, 0.717) is 5.56 Å². The number of carbonyl (C=O) groups excluding carboxylic acids is 1. The van der Waals surface area contributed by atoms with Gasteiger partial charge in [0.15, 0.2) is 11.2 Å². The van der Waals surface area contributed by atoms with Crippen LogP contribution in [0.2, 0.25) is 0 Å². The van der Waals surface area contributed by atoms with Crippen LogP contribution in [-0.2, 0) is 41.2 Å². The number of ether oxygens (including phenoxy) is 2. The molecule has 6 rings (SSSR count). The number of rotatable bonds is 22. The number of nitrogens with one attached hydrogen (secondary N) is 2. The van der Waals surface area contributed by atoms with Gasteiger partial charge in [0.25, 0.3) is 11.5 Å². The lowest BCUT2D eigenvalue weighted by atomic mass is 10.0. The van der Waals surface area contributed by atoms with Gasteiger partial charge in [0.1, 0.15) is 36.6 Å². The van der Waals surface area contributed by atoms with Gasteiger partial charge in [-0.25, -0.2) is 23.9 Å².